The average molecular weight is 387 g/mol. The number of ether oxygens (including phenoxy) is 1. The average Bonchev–Trinajstić information content (AvgIpc) is 2.89. The van der Waals surface area contributed by atoms with Crippen molar-refractivity contribution in [3.63, 3.8) is 0 Å². The van der Waals surface area contributed by atoms with Gasteiger partial charge in [-0.1, -0.05) is 43.6 Å². The molecule has 2 aliphatic carbocycles. The summed E-state index contributed by atoms with van der Waals surface area (Å²) in [5.74, 6) is -0.632. The lowest BCUT2D eigenvalue weighted by Gasteiger charge is -2.25. The first-order chi connectivity index (χ1) is 12.5. The molecule has 0 spiro atoms. The zero-order valence-corrected chi connectivity index (χ0v) is 15.9. The second-order valence-corrected chi connectivity index (χ2v) is 8.01. The van der Waals surface area contributed by atoms with Gasteiger partial charge in [-0.05, 0) is 37.5 Å². The number of carbonyl (C=O) groups is 1. The van der Waals surface area contributed by atoms with Crippen LogP contribution in [0.3, 0.4) is 0 Å². The van der Waals surface area contributed by atoms with Gasteiger partial charge in [-0.25, -0.2) is 4.79 Å². The molecular weight excluding hydrogens is 356 g/mol. The van der Waals surface area contributed by atoms with Crippen LogP contribution < -0.4 is 0 Å². The van der Waals surface area contributed by atoms with Crippen LogP contribution in [0.5, 0.6) is 0 Å². The lowest BCUT2D eigenvalue weighted by Crippen LogP contribution is -2.23. The van der Waals surface area contributed by atoms with E-state index in [0.29, 0.717) is 18.8 Å². The topological polar surface area (TPSA) is 87.0 Å². The summed E-state index contributed by atoms with van der Waals surface area (Å²) in [6.45, 7) is -0.0650. The van der Waals surface area contributed by atoms with Crippen molar-refractivity contribution in [2.75, 3.05) is 13.2 Å². The smallest absolute Gasteiger partial charge is 0.329 e. The number of alkyl halides is 1. The van der Waals surface area contributed by atoms with Gasteiger partial charge in [0.2, 0.25) is 0 Å². The second-order valence-electron chi connectivity index (χ2n) is 7.45. The van der Waals surface area contributed by atoms with E-state index in [1.165, 1.54) is 19.3 Å². The summed E-state index contributed by atoms with van der Waals surface area (Å²) < 4.78 is 4.96. The van der Waals surface area contributed by atoms with Crippen LogP contribution in [0.4, 0.5) is 0 Å². The molecule has 0 aromatic carbocycles. The van der Waals surface area contributed by atoms with Gasteiger partial charge >= 0.3 is 5.97 Å². The molecule has 2 saturated carbocycles. The van der Waals surface area contributed by atoms with E-state index in [9.17, 15) is 15.0 Å². The van der Waals surface area contributed by atoms with E-state index in [0.717, 1.165) is 12.8 Å². The zero-order chi connectivity index (χ0) is 18.9. The SMILES string of the molecule is O=C(O)COC/C=C\C[C@@H]1[C@@H](/C=C/[C@@H](O)C2CCCCC2)[C@H](O)C[C@@H]1Cl. The van der Waals surface area contributed by atoms with Crippen LogP contribution in [0.15, 0.2) is 24.3 Å². The van der Waals surface area contributed by atoms with E-state index in [-0.39, 0.29) is 30.4 Å². The Morgan fingerprint density at radius 2 is 1.96 bits per heavy atom. The van der Waals surface area contributed by atoms with Gasteiger partial charge in [0.15, 0.2) is 0 Å². The maximum atomic E-state index is 10.4. The number of aliphatic hydroxyl groups is 2. The minimum Gasteiger partial charge on any atom is -0.480 e. The first kappa shape index (κ1) is 21.4. The van der Waals surface area contributed by atoms with Crippen molar-refractivity contribution in [2.24, 2.45) is 17.8 Å². The number of rotatable bonds is 9. The number of aliphatic carboxylic acids is 1. The molecule has 0 amide bonds. The molecule has 148 valence electrons. The summed E-state index contributed by atoms with van der Waals surface area (Å²) in [4.78, 5) is 10.4. The van der Waals surface area contributed by atoms with Crippen LogP contribution in [-0.2, 0) is 9.53 Å². The molecule has 6 heteroatoms. The third kappa shape index (κ3) is 6.69. The molecule has 0 aromatic heterocycles. The fraction of sp³-hybridized carbons (Fsp3) is 0.750. The van der Waals surface area contributed by atoms with Gasteiger partial charge in [-0.2, -0.15) is 0 Å². The first-order valence-corrected chi connectivity index (χ1v) is 10.1. The molecule has 5 atom stereocenters. The Balaban J connectivity index is 1.84. The number of hydrogen-bond donors (Lipinski definition) is 3. The van der Waals surface area contributed by atoms with E-state index >= 15 is 0 Å². The largest absolute Gasteiger partial charge is 0.480 e. The van der Waals surface area contributed by atoms with E-state index in [1.54, 1.807) is 6.08 Å². The fourth-order valence-electron chi connectivity index (χ4n) is 4.08. The standard InChI is InChI=1S/C20H31ClO5/c21-17-12-19(23)16(9-10-18(22)14-6-2-1-3-7-14)15(17)8-4-5-11-26-13-20(24)25/h4-5,9-10,14-19,22-23H,1-3,6-8,11-13H2,(H,24,25)/b5-4-,10-9+/t15-,16-,17+,18-,19-/m1/s1. The van der Waals surface area contributed by atoms with Gasteiger partial charge in [0.25, 0.3) is 0 Å². The predicted octanol–water partition coefficient (Wildman–Crippen LogP) is 3.14. The van der Waals surface area contributed by atoms with Crippen LogP contribution in [0.25, 0.3) is 0 Å². The summed E-state index contributed by atoms with van der Waals surface area (Å²) in [5, 5.41) is 29.1. The molecule has 0 heterocycles. The number of hydrogen-bond acceptors (Lipinski definition) is 4. The van der Waals surface area contributed by atoms with Crippen LogP contribution in [0.1, 0.15) is 44.9 Å². The predicted molar refractivity (Wildman–Crippen MR) is 101 cm³/mol. The van der Waals surface area contributed by atoms with Gasteiger partial charge in [0.1, 0.15) is 6.61 Å². The maximum absolute atomic E-state index is 10.4. The van der Waals surface area contributed by atoms with E-state index in [1.807, 2.05) is 18.2 Å². The van der Waals surface area contributed by atoms with E-state index in [4.69, 9.17) is 21.4 Å². The number of allylic oxidation sites excluding steroid dienone is 1. The molecule has 0 bridgehead atoms. The van der Waals surface area contributed by atoms with Gasteiger partial charge in [-0.15, -0.1) is 11.6 Å². The molecule has 26 heavy (non-hydrogen) atoms. The quantitative estimate of drug-likeness (QED) is 0.322. The highest BCUT2D eigenvalue weighted by molar-refractivity contribution is 6.21. The Labute approximate surface area is 160 Å². The highest BCUT2D eigenvalue weighted by atomic mass is 35.5. The number of halogens is 1. The van der Waals surface area contributed by atoms with E-state index in [2.05, 4.69) is 0 Å². The van der Waals surface area contributed by atoms with Crippen molar-refractivity contribution in [3.8, 4) is 0 Å². The van der Waals surface area contributed by atoms with Gasteiger partial charge in [0, 0.05) is 11.3 Å². The molecule has 0 unspecified atom stereocenters. The highest BCUT2D eigenvalue weighted by Gasteiger charge is 2.39. The molecular formula is C20H31ClO5. The lowest BCUT2D eigenvalue weighted by atomic mass is 9.84. The van der Waals surface area contributed by atoms with Gasteiger partial charge in [0.05, 0.1) is 18.8 Å². The fourth-order valence-corrected chi connectivity index (χ4v) is 4.53. The molecule has 0 saturated heterocycles. The molecule has 0 aromatic rings. The van der Waals surface area contributed by atoms with E-state index < -0.39 is 18.2 Å². The second kappa shape index (κ2) is 11.1. The first-order valence-electron chi connectivity index (χ1n) is 9.62. The third-order valence-corrected chi connectivity index (χ3v) is 6.05. The third-order valence-electron chi connectivity index (χ3n) is 5.55. The van der Waals surface area contributed by atoms with Crippen LogP contribution in [0.2, 0.25) is 0 Å². The van der Waals surface area contributed by atoms with Crippen molar-refractivity contribution in [1.29, 1.82) is 0 Å². The van der Waals surface area contributed by atoms with Gasteiger partial charge in [-0.3, -0.25) is 0 Å². The summed E-state index contributed by atoms with van der Waals surface area (Å²) >= 11 is 6.41. The lowest BCUT2D eigenvalue weighted by molar-refractivity contribution is -0.141. The minimum atomic E-state index is -0.986. The summed E-state index contributed by atoms with van der Waals surface area (Å²) in [6.07, 6.45) is 13.6. The number of carboxylic acid groups (broad SMARTS) is 1. The normalized spacial score (nSPS) is 31.8. The van der Waals surface area contributed by atoms with Crippen molar-refractivity contribution < 1.29 is 24.9 Å². The molecule has 0 aliphatic heterocycles. The van der Waals surface area contributed by atoms with Crippen LogP contribution in [-0.4, -0.2) is 52.1 Å². The Bertz CT molecular complexity index is 487. The highest BCUT2D eigenvalue weighted by Crippen LogP contribution is 2.39. The molecule has 5 nitrogen and oxygen atoms in total. The Morgan fingerprint density at radius 3 is 2.65 bits per heavy atom. The molecule has 0 radical (unpaired) electrons. The minimum absolute atomic E-state index is 0.0691. The number of aliphatic hydroxyl groups excluding tert-OH is 2. The van der Waals surface area contributed by atoms with Crippen molar-refractivity contribution in [2.45, 2.75) is 62.5 Å². The van der Waals surface area contributed by atoms with Crippen molar-refractivity contribution in [3.05, 3.63) is 24.3 Å². The Hall–Kier alpha value is -0.880. The Kier molecular flexibility index (Phi) is 9.12. The molecule has 2 fully saturated rings. The maximum Gasteiger partial charge on any atom is 0.329 e. The van der Waals surface area contributed by atoms with Crippen LogP contribution in [0, 0.1) is 17.8 Å². The molecule has 3 N–H and O–H groups in total. The van der Waals surface area contributed by atoms with Crippen molar-refractivity contribution in [1.82, 2.24) is 0 Å². The summed E-state index contributed by atoms with van der Waals surface area (Å²) in [7, 11) is 0. The summed E-state index contributed by atoms with van der Waals surface area (Å²) in [6, 6.07) is 0. The van der Waals surface area contributed by atoms with Crippen molar-refractivity contribution >= 4 is 17.6 Å². The van der Waals surface area contributed by atoms with Gasteiger partial charge < -0.3 is 20.1 Å². The monoisotopic (exact) mass is 386 g/mol. The van der Waals surface area contributed by atoms with Crippen LogP contribution >= 0.6 is 11.6 Å². The Morgan fingerprint density at radius 1 is 1.23 bits per heavy atom. The molecule has 2 rings (SSSR count). The number of carboxylic acids is 1. The zero-order valence-electron chi connectivity index (χ0n) is 15.2. The molecule has 2 aliphatic rings. The summed E-state index contributed by atoms with van der Waals surface area (Å²) in [5.41, 5.74) is 0.